The van der Waals surface area contributed by atoms with Crippen LogP contribution in [0.4, 0.5) is 17.1 Å². The minimum atomic E-state index is -1.36. The Morgan fingerprint density at radius 3 is 2.19 bits per heavy atom. The van der Waals surface area contributed by atoms with Crippen LogP contribution in [0.5, 0.6) is 0 Å². The lowest BCUT2D eigenvalue weighted by Gasteiger charge is -2.28. The number of nitrogens with one attached hydrogen (secondary N) is 1. The first kappa shape index (κ1) is 16.3. The van der Waals surface area contributed by atoms with E-state index in [-0.39, 0.29) is 18.5 Å². The SMILES string of the molecule is CCC(CC)(Nc1ccc([N+](=O)[O-])cc1[N+](=O)[O-])C(=O)O. The number of nitro benzene ring substituents is 2. The summed E-state index contributed by atoms with van der Waals surface area (Å²) in [5.74, 6) is -1.14. The van der Waals surface area contributed by atoms with Crippen LogP contribution in [-0.2, 0) is 4.79 Å². The predicted octanol–water partition coefficient (Wildman–Crippen LogP) is 2.56. The van der Waals surface area contributed by atoms with E-state index in [9.17, 15) is 30.1 Å². The molecule has 0 heterocycles. The molecule has 0 spiro atoms. The fraction of sp³-hybridized carbons (Fsp3) is 0.417. The molecule has 0 saturated heterocycles. The normalized spacial score (nSPS) is 11.0. The smallest absolute Gasteiger partial charge is 0.329 e. The van der Waals surface area contributed by atoms with Crippen molar-refractivity contribution in [2.75, 3.05) is 5.32 Å². The first-order chi connectivity index (χ1) is 9.77. The highest BCUT2D eigenvalue weighted by Crippen LogP contribution is 2.33. The van der Waals surface area contributed by atoms with Crippen LogP contribution in [0.1, 0.15) is 26.7 Å². The van der Waals surface area contributed by atoms with E-state index in [0.717, 1.165) is 18.2 Å². The summed E-state index contributed by atoms with van der Waals surface area (Å²) >= 11 is 0. The second-order valence-corrected chi connectivity index (χ2v) is 4.44. The maximum atomic E-state index is 11.4. The van der Waals surface area contributed by atoms with E-state index in [0.29, 0.717) is 0 Å². The minimum absolute atomic E-state index is 0.0586. The number of hydrogen-bond donors (Lipinski definition) is 2. The molecule has 0 bridgehead atoms. The number of non-ortho nitro benzene ring substituents is 1. The molecule has 1 aromatic carbocycles. The van der Waals surface area contributed by atoms with Crippen molar-refractivity contribution in [3.8, 4) is 0 Å². The zero-order valence-electron chi connectivity index (χ0n) is 11.5. The van der Waals surface area contributed by atoms with Crippen molar-refractivity contribution >= 4 is 23.0 Å². The van der Waals surface area contributed by atoms with Crippen LogP contribution in [0.15, 0.2) is 18.2 Å². The topological polar surface area (TPSA) is 136 Å². The van der Waals surface area contributed by atoms with Crippen molar-refractivity contribution in [2.45, 2.75) is 32.2 Å². The monoisotopic (exact) mass is 297 g/mol. The summed E-state index contributed by atoms with van der Waals surface area (Å²) in [5, 5.41) is 33.6. The van der Waals surface area contributed by atoms with Gasteiger partial charge in [0.2, 0.25) is 0 Å². The summed E-state index contributed by atoms with van der Waals surface area (Å²) in [5.41, 5.74) is -2.38. The van der Waals surface area contributed by atoms with Gasteiger partial charge in [-0.25, -0.2) is 4.79 Å². The van der Waals surface area contributed by atoms with Gasteiger partial charge >= 0.3 is 5.97 Å². The zero-order chi connectivity index (χ0) is 16.2. The Kier molecular flexibility index (Phi) is 4.79. The number of nitro groups is 2. The number of anilines is 1. The van der Waals surface area contributed by atoms with Crippen LogP contribution in [0, 0.1) is 20.2 Å². The zero-order valence-corrected chi connectivity index (χ0v) is 11.5. The summed E-state index contributed by atoms with van der Waals surface area (Å²) < 4.78 is 0. The van der Waals surface area contributed by atoms with Crippen LogP contribution >= 0.6 is 0 Å². The van der Waals surface area contributed by atoms with Crippen molar-refractivity contribution in [3.05, 3.63) is 38.4 Å². The standard InChI is InChI=1S/C12H15N3O6/c1-3-12(4-2,11(16)17)13-9-6-5-8(14(18)19)7-10(9)15(20)21/h5-7,13H,3-4H2,1-2H3,(H,16,17). The lowest BCUT2D eigenvalue weighted by Crippen LogP contribution is -2.45. The summed E-state index contributed by atoms with van der Waals surface area (Å²) in [6, 6.07) is 3.05. The Balaban J connectivity index is 3.33. The van der Waals surface area contributed by atoms with Crippen LogP contribution in [0.3, 0.4) is 0 Å². The maximum Gasteiger partial charge on any atom is 0.329 e. The number of benzene rings is 1. The lowest BCUT2D eigenvalue weighted by atomic mass is 9.92. The average Bonchev–Trinajstić information content (AvgIpc) is 2.44. The Hall–Kier alpha value is -2.71. The van der Waals surface area contributed by atoms with Crippen LogP contribution in [-0.4, -0.2) is 26.5 Å². The number of rotatable bonds is 7. The third-order valence-corrected chi connectivity index (χ3v) is 3.38. The molecular weight excluding hydrogens is 282 g/mol. The summed E-state index contributed by atoms with van der Waals surface area (Å²) in [4.78, 5) is 31.6. The number of aliphatic carboxylic acids is 1. The van der Waals surface area contributed by atoms with E-state index in [4.69, 9.17) is 0 Å². The second-order valence-electron chi connectivity index (χ2n) is 4.44. The van der Waals surface area contributed by atoms with Gasteiger partial charge in [-0.1, -0.05) is 13.8 Å². The van der Waals surface area contributed by atoms with Crippen LogP contribution in [0.2, 0.25) is 0 Å². The fourth-order valence-corrected chi connectivity index (χ4v) is 1.93. The van der Waals surface area contributed by atoms with Crippen molar-refractivity contribution in [3.63, 3.8) is 0 Å². The molecule has 0 radical (unpaired) electrons. The molecule has 9 nitrogen and oxygen atoms in total. The minimum Gasteiger partial charge on any atom is -0.480 e. The summed E-state index contributed by atoms with van der Waals surface area (Å²) in [6.45, 7) is 3.28. The van der Waals surface area contributed by atoms with Crippen LogP contribution < -0.4 is 5.32 Å². The van der Waals surface area contributed by atoms with Gasteiger partial charge in [0.15, 0.2) is 0 Å². The largest absolute Gasteiger partial charge is 0.480 e. The third-order valence-electron chi connectivity index (χ3n) is 3.38. The van der Waals surface area contributed by atoms with Gasteiger partial charge in [-0.3, -0.25) is 20.2 Å². The molecule has 0 aliphatic rings. The van der Waals surface area contributed by atoms with E-state index in [1.54, 1.807) is 13.8 Å². The van der Waals surface area contributed by atoms with E-state index in [1.807, 2.05) is 0 Å². The van der Waals surface area contributed by atoms with Gasteiger partial charge in [-0.05, 0) is 18.9 Å². The summed E-state index contributed by atoms with van der Waals surface area (Å²) in [6.07, 6.45) is 0.403. The van der Waals surface area contributed by atoms with Gasteiger partial charge in [-0.15, -0.1) is 0 Å². The van der Waals surface area contributed by atoms with E-state index >= 15 is 0 Å². The Bertz CT molecular complexity index is 582. The molecule has 0 atom stereocenters. The van der Waals surface area contributed by atoms with E-state index in [2.05, 4.69) is 5.32 Å². The molecule has 0 unspecified atom stereocenters. The highest BCUT2D eigenvalue weighted by atomic mass is 16.6. The maximum absolute atomic E-state index is 11.4. The number of carboxylic acid groups (broad SMARTS) is 1. The Labute approximate surface area is 119 Å². The quantitative estimate of drug-likeness (QED) is 0.583. The molecule has 0 amide bonds. The van der Waals surface area contributed by atoms with Crippen LogP contribution in [0.25, 0.3) is 0 Å². The Morgan fingerprint density at radius 2 is 1.81 bits per heavy atom. The molecule has 0 fully saturated rings. The van der Waals surface area contributed by atoms with Gasteiger partial charge < -0.3 is 10.4 Å². The fourth-order valence-electron chi connectivity index (χ4n) is 1.93. The third kappa shape index (κ3) is 3.25. The lowest BCUT2D eigenvalue weighted by molar-refractivity contribution is -0.393. The van der Waals surface area contributed by atoms with Gasteiger partial charge in [0.25, 0.3) is 11.4 Å². The molecular formula is C12H15N3O6. The van der Waals surface area contributed by atoms with Gasteiger partial charge in [-0.2, -0.15) is 0 Å². The number of carboxylic acids is 1. The first-order valence-corrected chi connectivity index (χ1v) is 6.21. The number of nitrogens with zero attached hydrogens (tertiary/aromatic N) is 2. The molecule has 0 aliphatic carbocycles. The Morgan fingerprint density at radius 1 is 1.24 bits per heavy atom. The van der Waals surface area contributed by atoms with Crippen molar-refractivity contribution < 1.29 is 19.7 Å². The highest BCUT2D eigenvalue weighted by molar-refractivity contribution is 5.84. The molecule has 9 heteroatoms. The van der Waals surface area contributed by atoms with Gasteiger partial charge in [0.05, 0.1) is 15.9 Å². The number of hydrogen-bond acceptors (Lipinski definition) is 6. The predicted molar refractivity (Wildman–Crippen MR) is 74.3 cm³/mol. The second kappa shape index (κ2) is 6.16. The van der Waals surface area contributed by atoms with Crippen molar-refractivity contribution in [1.82, 2.24) is 0 Å². The van der Waals surface area contributed by atoms with E-state index < -0.39 is 32.7 Å². The molecule has 0 aromatic heterocycles. The molecule has 1 aromatic rings. The average molecular weight is 297 g/mol. The van der Waals surface area contributed by atoms with Crippen molar-refractivity contribution in [1.29, 1.82) is 0 Å². The first-order valence-electron chi connectivity index (χ1n) is 6.21. The van der Waals surface area contributed by atoms with Crippen molar-refractivity contribution in [2.24, 2.45) is 0 Å². The molecule has 21 heavy (non-hydrogen) atoms. The van der Waals surface area contributed by atoms with E-state index in [1.165, 1.54) is 0 Å². The number of carbonyl (C=O) groups is 1. The highest BCUT2D eigenvalue weighted by Gasteiger charge is 2.36. The molecule has 0 saturated carbocycles. The molecule has 2 N–H and O–H groups in total. The molecule has 0 aliphatic heterocycles. The van der Waals surface area contributed by atoms with Gasteiger partial charge in [0, 0.05) is 6.07 Å². The molecule has 114 valence electrons. The van der Waals surface area contributed by atoms with Gasteiger partial charge in [0.1, 0.15) is 11.2 Å². The molecule has 1 rings (SSSR count). The summed E-state index contributed by atoms with van der Waals surface area (Å²) in [7, 11) is 0.